The van der Waals surface area contributed by atoms with E-state index in [2.05, 4.69) is 5.10 Å². The van der Waals surface area contributed by atoms with Crippen molar-refractivity contribution < 1.29 is 0 Å². The molecular weight excluding hydrogens is 172 g/mol. The maximum Gasteiger partial charge on any atom is 0.0682 e. The van der Waals surface area contributed by atoms with Gasteiger partial charge < -0.3 is 0 Å². The van der Waals surface area contributed by atoms with Gasteiger partial charge in [-0.05, 0) is 24.6 Å². The van der Waals surface area contributed by atoms with Crippen molar-refractivity contribution in [3.05, 3.63) is 28.9 Å². The fraction of sp³-hybridized carbons (Fsp3) is 0.222. The molecule has 0 atom stereocenters. The van der Waals surface area contributed by atoms with Crippen LogP contribution in [0.25, 0.3) is 10.9 Å². The molecular formula is C9H9ClN2. The van der Waals surface area contributed by atoms with Gasteiger partial charge in [0.25, 0.3) is 0 Å². The van der Waals surface area contributed by atoms with Gasteiger partial charge >= 0.3 is 0 Å². The van der Waals surface area contributed by atoms with Crippen LogP contribution in [0.15, 0.2) is 18.3 Å². The molecule has 2 rings (SSSR count). The van der Waals surface area contributed by atoms with E-state index in [9.17, 15) is 0 Å². The molecule has 0 N–H and O–H groups in total. The van der Waals surface area contributed by atoms with Gasteiger partial charge in [-0.15, -0.1) is 0 Å². The van der Waals surface area contributed by atoms with Crippen LogP contribution in [0.4, 0.5) is 0 Å². The lowest BCUT2D eigenvalue weighted by Gasteiger charge is -1.98. The van der Waals surface area contributed by atoms with Crippen molar-refractivity contribution in [1.82, 2.24) is 9.78 Å². The summed E-state index contributed by atoms with van der Waals surface area (Å²) < 4.78 is 1.85. The zero-order valence-electron chi connectivity index (χ0n) is 7.00. The summed E-state index contributed by atoms with van der Waals surface area (Å²) in [5.74, 6) is 0. The van der Waals surface area contributed by atoms with Gasteiger partial charge in [0.15, 0.2) is 0 Å². The molecule has 0 bridgehead atoms. The fourth-order valence-corrected chi connectivity index (χ4v) is 1.45. The van der Waals surface area contributed by atoms with Gasteiger partial charge in [-0.25, -0.2) is 0 Å². The van der Waals surface area contributed by atoms with Crippen LogP contribution in [0.2, 0.25) is 5.02 Å². The SMILES string of the molecule is Cc1cc2c(cnn2C)cc1Cl. The van der Waals surface area contributed by atoms with Gasteiger partial charge in [-0.2, -0.15) is 5.10 Å². The van der Waals surface area contributed by atoms with E-state index in [1.54, 1.807) is 0 Å². The maximum atomic E-state index is 5.96. The first-order chi connectivity index (χ1) is 5.68. The molecule has 0 aliphatic rings. The Hall–Kier alpha value is -1.02. The van der Waals surface area contributed by atoms with E-state index in [4.69, 9.17) is 11.6 Å². The first-order valence-electron chi connectivity index (χ1n) is 3.76. The van der Waals surface area contributed by atoms with Crippen LogP contribution in [-0.2, 0) is 7.05 Å². The highest BCUT2D eigenvalue weighted by Gasteiger charge is 2.02. The molecule has 2 nitrogen and oxygen atoms in total. The van der Waals surface area contributed by atoms with E-state index >= 15 is 0 Å². The van der Waals surface area contributed by atoms with Crippen molar-refractivity contribution in [3.8, 4) is 0 Å². The minimum atomic E-state index is 0.801. The maximum absolute atomic E-state index is 5.96. The average molecular weight is 181 g/mol. The van der Waals surface area contributed by atoms with E-state index in [1.165, 1.54) is 0 Å². The van der Waals surface area contributed by atoms with Crippen LogP contribution >= 0.6 is 11.6 Å². The molecule has 1 aromatic heterocycles. The molecule has 0 aliphatic carbocycles. The summed E-state index contributed by atoms with van der Waals surface area (Å²) in [7, 11) is 1.93. The average Bonchev–Trinajstić information content (AvgIpc) is 2.35. The zero-order chi connectivity index (χ0) is 8.72. The van der Waals surface area contributed by atoms with E-state index in [-0.39, 0.29) is 0 Å². The molecule has 0 radical (unpaired) electrons. The molecule has 0 aliphatic heterocycles. The number of halogens is 1. The summed E-state index contributed by atoms with van der Waals surface area (Å²) in [5.41, 5.74) is 2.21. The van der Waals surface area contributed by atoms with Gasteiger partial charge in [0.05, 0.1) is 11.7 Å². The van der Waals surface area contributed by atoms with Crippen molar-refractivity contribution in [2.75, 3.05) is 0 Å². The zero-order valence-corrected chi connectivity index (χ0v) is 7.76. The molecule has 0 fully saturated rings. The quantitative estimate of drug-likeness (QED) is 0.609. The molecule has 1 aromatic carbocycles. The van der Waals surface area contributed by atoms with Gasteiger partial charge in [0.2, 0.25) is 0 Å². The lowest BCUT2D eigenvalue weighted by atomic mass is 10.2. The van der Waals surface area contributed by atoms with Crippen LogP contribution in [0, 0.1) is 6.92 Å². The van der Waals surface area contributed by atoms with Crippen molar-refractivity contribution >= 4 is 22.5 Å². The molecule has 2 aromatic rings. The number of nitrogens with zero attached hydrogens (tertiary/aromatic N) is 2. The number of rotatable bonds is 0. The standard InChI is InChI=1S/C9H9ClN2/c1-6-3-9-7(4-8(6)10)5-11-12(9)2/h3-5H,1-2H3. The van der Waals surface area contributed by atoms with E-state index < -0.39 is 0 Å². The Labute approximate surface area is 75.8 Å². The number of hydrogen-bond acceptors (Lipinski definition) is 1. The van der Waals surface area contributed by atoms with Crippen LogP contribution in [0.1, 0.15) is 5.56 Å². The molecule has 62 valence electrons. The Kier molecular flexibility index (Phi) is 1.58. The Morgan fingerprint density at radius 2 is 2.17 bits per heavy atom. The highest BCUT2D eigenvalue weighted by Crippen LogP contribution is 2.22. The number of aromatic nitrogens is 2. The van der Waals surface area contributed by atoms with E-state index in [0.717, 1.165) is 21.5 Å². The van der Waals surface area contributed by atoms with Crippen molar-refractivity contribution in [1.29, 1.82) is 0 Å². The first-order valence-corrected chi connectivity index (χ1v) is 4.14. The monoisotopic (exact) mass is 180 g/mol. The fourth-order valence-electron chi connectivity index (χ4n) is 1.28. The number of benzene rings is 1. The molecule has 0 amide bonds. The highest BCUT2D eigenvalue weighted by molar-refractivity contribution is 6.32. The van der Waals surface area contributed by atoms with Crippen LogP contribution in [0.5, 0.6) is 0 Å². The predicted octanol–water partition coefficient (Wildman–Crippen LogP) is 2.54. The molecule has 0 spiro atoms. The van der Waals surface area contributed by atoms with Gasteiger partial charge in [-0.1, -0.05) is 11.6 Å². The molecule has 0 unspecified atom stereocenters. The molecule has 0 saturated heterocycles. The minimum absolute atomic E-state index is 0.801. The Bertz CT molecular complexity index is 431. The normalized spacial score (nSPS) is 10.9. The van der Waals surface area contributed by atoms with Gasteiger partial charge in [0.1, 0.15) is 0 Å². The minimum Gasteiger partial charge on any atom is -0.268 e. The van der Waals surface area contributed by atoms with Gasteiger partial charge in [0, 0.05) is 17.5 Å². The summed E-state index contributed by atoms with van der Waals surface area (Å²) in [6, 6.07) is 3.99. The highest BCUT2D eigenvalue weighted by atomic mass is 35.5. The third kappa shape index (κ3) is 0.994. The third-order valence-electron chi connectivity index (χ3n) is 2.03. The predicted molar refractivity (Wildman–Crippen MR) is 50.5 cm³/mol. The summed E-state index contributed by atoms with van der Waals surface area (Å²) in [4.78, 5) is 0. The summed E-state index contributed by atoms with van der Waals surface area (Å²) >= 11 is 5.96. The summed E-state index contributed by atoms with van der Waals surface area (Å²) in [5, 5.41) is 6.03. The molecule has 1 heterocycles. The largest absolute Gasteiger partial charge is 0.268 e. The second kappa shape index (κ2) is 2.49. The van der Waals surface area contributed by atoms with E-state index in [1.807, 2.05) is 37.0 Å². The Morgan fingerprint density at radius 1 is 1.42 bits per heavy atom. The van der Waals surface area contributed by atoms with Crippen LogP contribution < -0.4 is 0 Å². The van der Waals surface area contributed by atoms with Crippen LogP contribution in [0.3, 0.4) is 0 Å². The summed E-state index contributed by atoms with van der Waals surface area (Å²) in [6.45, 7) is 1.99. The van der Waals surface area contributed by atoms with Crippen LogP contribution in [-0.4, -0.2) is 9.78 Å². The van der Waals surface area contributed by atoms with Crippen molar-refractivity contribution in [3.63, 3.8) is 0 Å². The first kappa shape index (κ1) is 7.62. The lowest BCUT2D eigenvalue weighted by molar-refractivity contribution is 0.796. The van der Waals surface area contributed by atoms with E-state index in [0.29, 0.717) is 0 Å². The lowest BCUT2D eigenvalue weighted by Crippen LogP contribution is -1.88. The number of hydrogen-bond donors (Lipinski definition) is 0. The topological polar surface area (TPSA) is 17.8 Å². The second-order valence-corrected chi connectivity index (χ2v) is 3.34. The summed E-state index contributed by atoms with van der Waals surface area (Å²) in [6.07, 6.45) is 1.82. The molecule has 3 heteroatoms. The van der Waals surface area contributed by atoms with Crippen molar-refractivity contribution in [2.24, 2.45) is 7.05 Å². The number of aryl methyl sites for hydroxylation is 2. The Morgan fingerprint density at radius 3 is 2.92 bits per heavy atom. The van der Waals surface area contributed by atoms with Crippen molar-refractivity contribution in [2.45, 2.75) is 6.92 Å². The molecule has 0 saturated carbocycles. The molecule has 12 heavy (non-hydrogen) atoms. The Balaban J connectivity index is 2.87. The smallest absolute Gasteiger partial charge is 0.0682 e. The third-order valence-corrected chi connectivity index (χ3v) is 2.43. The second-order valence-electron chi connectivity index (χ2n) is 2.93. The van der Waals surface area contributed by atoms with Gasteiger partial charge in [-0.3, -0.25) is 4.68 Å². The number of fused-ring (bicyclic) bond motifs is 1.